The lowest BCUT2D eigenvalue weighted by Crippen LogP contribution is -2.36. The Balaban J connectivity index is 1.93. The molecule has 0 aliphatic carbocycles. The molecule has 0 atom stereocenters. The zero-order valence-corrected chi connectivity index (χ0v) is 16.5. The molecule has 0 heterocycles. The summed E-state index contributed by atoms with van der Waals surface area (Å²) in [6.07, 6.45) is 2.09. The summed E-state index contributed by atoms with van der Waals surface area (Å²) in [6.45, 7) is 4.94. The molecule has 3 N–H and O–H groups in total. The molecule has 0 saturated carbocycles. The lowest BCUT2D eigenvalue weighted by Gasteiger charge is -2.14. The van der Waals surface area contributed by atoms with Crippen LogP contribution in [0.2, 0.25) is 0 Å². The Morgan fingerprint density at radius 1 is 1.12 bits per heavy atom. The van der Waals surface area contributed by atoms with E-state index in [1.807, 2.05) is 24.3 Å². The van der Waals surface area contributed by atoms with Crippen LogP contribution in [0.15, 0.2) is 52.4 Å². The van der Waals surface area contributed by atoms with Crippen LogP contribution in [-0.2, 0) is 17.9 Å². The summed E-state index contributed by atoms with van der Waals surface area (Å²) in [6, 6.07) is 14.2. The molecule has 2 aromatic carbocycles. The van der Waals surface area contributed by atoms with Gasteiger partial charge in [-0.2, -0.15) is 0 Å². The summed E-state index contributed by atoms with van der Waals surface area (Å²) >= 11 is 1.75. The third kappa shape index (κ3) is 6.11. The lowest BCUT2D eigenvalue weighted by atomic mass is 10.1. The first-order valence-electron chi connectivity index (χ1n) is 8.46. The number of carbonyl (C=O) groups is 1. The maximum atomic E-state index is 11.2. The average Bonchev–Trinajstić information content (AvgIpc) is 2.62. The number of benzene rings is 2. The average molecular weight is 371 g/mol. The lowest BCUT2D eigenvalue weighted by molar-refractivity contribution is -0.114. The second kappa shape index (κ2) is 9.87. The van der Waals surface area contributed by atoms with Crippen LogP contribution in [0.3, 0.4) is 0 Å². The van der Waals surface area contributed by atoms with Crippen molar-refractivity contribution < 1.29 is 4.79 Å². The SMILES string of the molecule is CN=C(NCc1cccc(NC(C)=O)c1)NCc1ccc(C)cc1SC. The second-order valence-electron chi connectivity index (χ2n) is 5.98. The number of carbonyl (C=O) groups excluding carboxylic acids is 1. The van der Waals surface area contributed by atoms with E-state index in [1.54, 1.807) is 18.8 Å². The molecule has 2 rings (SSSR count). The number of hydrogen-bond donors (Lipinski definition) is 3. The normalized spacial score (nSPS) is 11.2. The van der Waals surface area contributed by atoms with Crippen molar-refractivity contribution in [2.45, 2.75) is 31.8 Å². The predicted molar refractivity (Wildman–Crippen MR) is 111 cm³/mol. The minimum Gasteiger partial charge on any atom is -0.352 e. The van der Waals surface area contributed by atoms with E-state index in [9.17, 15) is 4.79 Å². The Hall–Kier alpha value is -2.47. The van der Waals surface area contributed by atoms with Crippen molar-refractivity contribution in [2.75, 3.05) is 18.6 Å². The van der Waals surface area contributed by atoms with E-state index in [0.29, 0.717) is 13.1 Å². The molecule has 138 valence electrons. The van der Waals surface area contributed by atoms with Gasteiger partial charge in [0.2, 0.25) is 5.91 Å². The number of anilines is 1. The van der Waals surface area contributed by atoms with Gasteiger partial charge in [0.25, 0.3) is 0 Å². The van der Waals surface area contributed by atoms with Crippen LogP contribution in [-0.4, -0.2) is 25.2 Å². The molecule has 2 aromatic rings. The highest BCUT2D eigenvalue weighted by Gasteiger charge is 2.04. The molecule has 0 radical (unpaired) electrons. The van der Waals surface area contributed by atoms with E-state index in [4.69, 9.17) is 0 Å². The van der Waals surface area contributed by atoms with Gasteiger partial charge in [0.05, 0.1) is 0 Å². The van der Waals surface area contributed by atoms with Gasteiger partial charge < -0.3 is 16.0 Å². The van der Waals surface area contributed by atoms with E-state index >= 15 is 0 Å². The largest absolute Gasteiger partial charge is 0.352 e. The summed E-state index contributed by atoms with van der Waals surface area (Å²) in [4.78, 5) is 16.7. The van der Waals surface area contributed by atoms with Crippen molar-refractivity contribution in [3.63, 3.8) is 0 Å². The first-order valence-corrected chi connectivity index (χ1v) is 9.69. The molecule has 0 aromatic heterocycles. The number of nitrogens with one attached hydrogen (secondary N) is 3. The van der Waals surface area contributed by atoms with Crippen molar-refractivity contribution in [1.29, 1.82) is 0 Å². The highest BCUT2D eigenvalue weighted by atomic mass is 32.2. The molecule has 1 amide bonds. The van der Waals surface area contributed by atoms with Gasteiger partial charge in [-0.1, -0.05) is 24.3 Å². The van der Waals surface area contributed by atoms with Gasteiger partial charge in [-0.3, -0.25) is 9.79 Å². The van der Waals surface area contributed by atoms with E-state index in [2.05, 4.69) is 52.3 Å². The molecule has 0 spiro atoms. The van der Waals surface area contributed by atoms with Crippen molar-refractivity contribution in [3.8, 4) is 0 Å². The summed E-state index contributed by atoms with van der Waals surface area (Å²) in [5, 5.41) is 9.45. The number of aryl methyl sites for hydroxylation is 1. The van der Waals surface area contributed by atoms with Crippen LogP contribution in [0.25, 0.3) is 0 Å². The number of aliphatic imine (C=N–C) groups is 1. The third-order valence-electron chi connectivity index (χ3n) is 3.82. The third-order valence-corrected chi connectivity index (χ3v) is 4.64. The van der Waals surface area contributed by atoms with Gasteiger partial charge in [0, 0.05) is 37.6 Å². The molecular weight excluding hydrogens is 344 g/mol. The second-order valence-corrected chi connectivity index (χ2v) is 6.82. The minimum atomic E-state index is -0.0738. The number of hydrogen-bond acceptors (Lipinski definition) is 3. The van der Waals surface area contributed by atoms with Gasteiger partial charge in [-0.05, 0) is 48.1 Å². The molecule has 0 fully saturated rings. The fourth-order valence-electron chi connectivity index (χ4n) is 2.55. The van der Waals surface area contributed by atoms with Crippen LogP contribution >= 0.6 is 11.8 Å². The smallest absolute Gasteiger partial charge is 0.221 e. The molecule has 0 aliphatic heterocycles. The Kier molecular flexibility index (Phi) is 7.53. The molecule has 6 heteroatoms. The van der Waals surface area contributed by atoms with Crippen molar-refractivity contribution in [2.24, 2.45) is 4.99 Å². The minimum absolute atomic E-state index is 0.0738. The van der Waals surface area contributed by atoms with E-state index in [1.165, 1.54) is 22.9 Å². The first-order chi connectivity index (χ1) is 12.5. The fraction of sp³-hybridized carbons (Fsp3) is 0.300. The molecule has 26 heavy (non-hydrogen) atoms. The van der Waals surface area contributed by atoms with Crippen LogP contribution in [0.1, 0.15) is 23.6 Å². The maximum absolute atomic E-state index is 11.2. The molecule has 0 aliphatic rings. The van der Waals surface area contributed by atoms with Crippen molar-refractivity contribution in [1.82, 2.24) is 10.6 Å². The molecular formula is C20H26N4OS. The van der Waals surface area contributed by atoms with E-state index in [0.717, 1.165) is 17.2 Å². The quantitative estimate of drug-likeness (QED) is 0.413. The topological polar surface area (TPSA) is 65.5 Å². The number of guanidine groups is 1. The van der Waals surface area contributed by atoms with Gasteiger partial charge >= 0.3 is 0 Å². The zero-order valence-electron chi connectivity index (χ0n) is 15.7. The van der Waals surface area contributed by atoms with Gasteiger partial charge in [0.15, 0.2) is 5.96 Å². The van der Waals surface area contributed by atoms with Crippen LogP contribution in [0, 0.1) is 6.92 Å². The highest BCUT2D eigenvalue weighted by Crippen LogP contribution is 2.21. The summed E-state index contributed by atoms with van der Waals surface area (Å²) in [7, 11) is 1.76. The van der Waals surface area contributed by atoms with E-state index < -0.39 is 0 Å². The van der Waals surface area contributed by atoms with Crippen molar-refractivity contribution in [3.05, 3.63) is 59.2 Å². The number of nitrogens with zero attached hydrogens (tertiary/aromatic N) is 1. The monoisotopic (exact) mass is 370 g/mol. The zero-order chi connectivity index (χ0) is 18.9. The maximum Gasteiger partial charge on any atom is 0.221 e. The molecule has 0 bridgehead atoms. The Labute approximate surface area is 159 Å². The van der Waals surface area contributed by atoms with Crippen LogP contribution in [0.4, 0.5) is 5.69 Å². The molecule has 0 unspecified atom stereocenters. The Morgan fingerprint density at radius 2 is 1.88 bits per heavy atom. The molecule has 5 nitrogen and oxygen atoms in total. The van der Waals surface area contributed by atoms with Crippen molar-refractivity contribution >= 4 is 29.3 Å². The van der Waals surface area contributed by atoms with Gasteiger partial charge in [-0.25, -0.2) is 0 Å². The Morgan fingerprint density at radius 3 is 2.58 bits per heavy atom. The van der Waals surface area contributed by atoms with Crippen LogP contribution < -0.4 is 16.0 Å². The van der Waals surface area contributed by atoms with E-state index in [-0.39, 0.29) is 5.91 Å². The first kappa shape index (κ1) is 19.8. The molecule has 0 saturated heterocycles. The number of thioether (sulfide) groups is 1. The van der Waals surface area contributed by atoms with Crippen LogP contribution in [0.5, 0.6) is 0 Å². The summed E-state index contributed by atoms with van der Waals surface area (Å²) < 4.78 is 0. The standard InChI is InChI=1S/C20H26N4OS/c1-14-8-9-17(19(10-14)26-4)13-23-20(21-3)22-12-16-6-5-7-18(11-16)24-15(2)25/h5-11H,12-13H2,1-4H3,(H,24,25)(H2,21,22,23). The number of rotatable bonds is 6. The fourth-order valence-corrected chi connectivity index (χ4v) is 3.25. The number of amides is 1. The highest BCUT2D eigenvalue weighted by molar-refractivity contribution is 7.98. The summed E-state index contributed by atoms with van der Waals surface area (Å²) in [5.41, 5.74) is 4.38. The van der Waals surface area contributed by atoms with Gasteiger partial charge in [-0.15, -0.1) is 11.8 Å². The van der Waals surface area contributed by atoms with Gasteiger partial charge in [0.1, 0.15) is 0 Å². The predicted octanol–water partition coefficient (Wildman–Crippen LogP) is 3.54. The summed E-state index contributed by atoms with van der Waals surface area (Å²) in [5.74, 6) is 0.665. The Bertz CT molecular complexity index is 789.